The van der Waals surface area contributed by atoms with Crippen molar-refractivity contribution in [2.24, 2.45) is 11.3 Å². The molecule has 4 heterocycles. The molecule has 0 unspecified atom stereocenters. The van der Waals surface area contributed by atoms with Gasteiger partial charge in [0.2, 0.25) is 0 Å². The molecule has 2 aromatic heterocycles. The van der Waals surface area contributed by atoms with Crippen LogP contribution in [0.4, 0.5) is 11.4 Å². The van der Waals surface area contributed by atoms with Crippen LogP contribution >= 0.6 is 11.8 Å². The van der Waals surface area contributed by atoms with Crippen molar-refractivity contribution in [1.82, 2.24) is 20.0 Å². The number of piperidine rings is 1. The number of fused-ring (bicyclic) bond motifs is 2. The number of nitrogens with one attached hydrogen (secondary N) is 3. The Morgan fingerprint density at radius 2 is 1.81 bits per heavy atom. The van der Waals surface area contributed by atoms with E-state index in [0.717, 1.165) is 68.8 Å². The first kappa shape index (κ1) is 46.9. The van der Waals surface area contributed by atoms with Crippen LogP contribution in [-0.4, -0.2) is 84.1 Å². The van der Waals surface area contributed by atoms with Gasteiger partial charge in [0.25, 0.3) is 21.6 Å². The minimum Gasteiger partial charge on any atom is -0.491 e. The molecule has 15 nitrogen and oxygen atoms in total. The molecule has 9 rings (SSSR count). The molecule has 5 aromatic rings. The second-order valence-electron chi connectivity index (χ2n) is 19.4. The van der Waals surface area contributed by atoms with E-state index in [1.807, 2.05) is 19.9 Å². The Morgan fingerprint density at radius 1 is 1.06 bits per heavy atom. The maximum absolute atomic E-state index is 14.1. The number of nitro groups is 1. The Hall–Kier alpha value is -5.20. The van der Waals surface area contributed by atoms with Gasteiger partial charge in [-0.3, -0.25) is 14.9 Å². The van der Waals surface area contributed by atoms with Gasteiger partial charge < -0.3 is 34.5 Å². The van der Waals surface area contributed by atoms with Crippen molar-refractivity contribution in [2.75, 3.05) is 37.8 Å². The summed E-state index contributed by atoms with van der Waals surface area (Å²) in [6.07, 6.45) is 10.2. The number of H-pyrrole nitrogens is 1. The molecule has 2 aliphatic heterocycles. The zero-order valence-corrected chi connectivity index (χ0v) is 40.1. The summed E-state index contributed by atoms with van der Waals surface area (Å²) in [5, 5.41) is 27.5. The zero-order valence-electron chi connectivity index (χ0n) is 38.5. The van der Waals surface area contributed by atoms with Gasteiger partial charge in [-0.25, -0.2) is 18.1 Å². The topological polar surface area (TPSA) is 198 Å². The summed E-state index contributed by atoms with van der Waals surface area (Å²) in [6, 6.07) is 20.1. The summed E-state index contributed by atoms with van der Waals surface area (Å²) in [5.41, 5.74) is 3.16. The van der Waals surface area contributed by atoms with E-state index >= 15 is 0 Å². The largest absolute Gasteiger partial charge is 0.491 e. The van der Waals surface area contributed by atoms with Crippen molar-refractivity contribution in [3.05, 3.63) is 106 Å². The average Bonchev–Trinajstić information content (AvgIpc) is 3.77. The molecule has 0 radical (unpaired) electrons. The molecule has 1 saturated heterocycles. The first-order chi connectivity index (χ1) is 32.1. The molecule has 0 bridgehead atoms. The van der Waals surface area contributed by atoms with Gasteiger partial charge in [0.05, 0.1) is 39.8 Å². The van der Waals surface area contributed by atoms with Crippen LogP contribution in [0.25, 0.3) is 11.0 Å². The predicted molar refractivity (Wildman–Crippen MR) is 258 cm³/mol. The van der Waals surface area contributed by atoms with Crippen LogP contribution in [-0.2, 0) is 14.8 Å². The fourth-order valence-corrected chi connectivity index (χ4v) is 12.9. The Bertz CT molecular complexity index is 2730. The summed E-state index contributed by atoms with van der Waals surface area (Å²) in [6.45, 7) is 11.4. The third-order valence-electron chi connectivity index (χ3n) is 14.3. The monoisotopic (exact) mass is 952 g/mol. The summed E-state index contributed by atoms with van der Waals surface area (Å²) < 4.78 is 48.4. The zero-order chi connectivity index (χ0) is 47.1. The van der Waals surface area contributed by atoms with Crippen molar-refractivity contribution in [1.29, 1.82) is 0 Å². The molecule has 1 amide bonds. The number of ether oxygens (including phenoxy) is 3. The summed E-state index contributed by atoms with van der Waals surface area (Å²) in [4.78, 5) is 35.4. The van der Waals surface area contributed by atoms with E-state index < -0.39 is 37.0 Å². The van der Waals surface area contributed by atoms with Gasteiger partial charge >= 0.3 is 0 Å². The molecule has 67 heavy (non-hydrogen) atoms. The molecule has 1 spiro atoms. The molecular weight excluding hydrogens is 893 g/mol. The second kappa shape index (κ2) is 19.1. The SMILES string of the molecule is CCOC[C@@H](NC1CC2(CCN(c3ccc(C(=O)NS(=O)(=O)c4cc5c(c([N+](=O)[O-])c4)S[C@@H](C4CCC(C)(O)CC4)CO5)c(Oc4cnc5[nH]ccc5c4)c3)CC2)C1)c1ccccc1C(C)C. The molecule has 3 aromatic carbocycles. The van der Waals surface area contributed by atoms with Crippen molar-refractivity contribution in [2.45, 2.75) is 118 Å². The van der Waals surface area contributed by atoms with E-state index in [1.165, 1.54) is 35.2 Å². The maximum atomic E-state index is 14.1. The number of sulfonamides is 1. The number of nitrogens with zero attached hydrogens (tertiary/aromatic N) is 3. The van der Waals surface area contributed by atoms with E-state index in [4.69, 9.17) is 14.2 Å². The number of aliphatic hydroxyl groups is 1. The van der Waals surface area contributed by atoms with Gasteiger partial charge in [0.15, 0.2) is 0 Å². The molecule has 4 aliphatic rings. The van der Waals surface area contributed by atoms with Crippen LogP contribution in [0.2, 0.25) is 0 Å². The highest BCUT2D eigenvalue weighted by atomic mass is 32.2. The van der Waals surface area contributed by atoms with E-state index in [9.17, 15) is 28.4 Å². The fourth-order valence-electron chi connectivity index (χ4n) is 10.5. The Morgan fingerprint density at radius 3 is 2.52 bits per heavy atom. The first-order valence-corrected chi connectivity index (χ1v) is 25.8. The van der Waals surface area contributed by atoms with Gasteiger partial charge in [-0.05, 0) is 118 Å². The molecule has 356 valence electrons. The highest BCUT2D eigenvalue weighted by molar-refractivity contribution is 8.00. The van der Waals surface area contributed by atoms with E-state index in [1.54, 1.807) is 30.5 Å². The Kier molecular flexibility index (Phi) is 13.3. The van der Waals surface area contributed by atoms with Crippen molar-refractivity contribution in [3.63, 3.8) is 0 Å². The number of hydrogen-bond acceptors (Lipinski definition) is 13. The smallest absolute Gasteiger partial charge is 0.288 e. The summed E-state index contributed by atoms with van der Waals surface area (Å²) >= 11 is 1.31. The van der Waals surface area contributed by atoms with E-state index in [-0.39, 0.29) is 51.2 Å². The lowest BCUT2D eigenvalue weighted by Gasteiger charge is -2.53. The number of hydrogen-bond donors (Lipinski definition) is 4. The van der Waals surface area contributed by atoms with Crippen LogP contribution < -0.4 is 24.4 Å². The lowest BCUT2D eigenvalue weighted by molar-refractivity contribution is -0.388. The molecule has 3 fully saturated rings. The number of carbonyl (C=O) groups is 1. The maximum Gasteiger partial charge on any atom is 0.288 e. The van der Waals surface area contributed by atoms with Crippen molar-refractivity contribution in [3.8, 4) is 17.2 Å². The lowest BCUT2D eigenvalue weighted by atomic mass is 9.60. The number of aromatic amines is 1. The molecule has 2 atom stereocenters. The number of benzene rings is 3. The minimum atomic E-state index is -4.65. The fraction of sp³-hybridized carbons (Fsp3) is 0.480. The molecular formula is C50H60N6O9S2. The third kappa shape index (κ3) is 10.2. The number of amides is 1. The molecule has 4 N–H and O–H groups in total. The van der Waals surface area contributed by atoms with Gasteiger partial charge in [0, 0.05) is 66.5 Å². The quantitative estimate of drug-likeness (QED) is 0.0572. The first-order valence-electron chi connectivity index (χ1n) is 23.4. The molecule has 2 aliphatic carbocycles. The number of carbonyl (C=O) groups excluding carboxylic acids is 1. The van der Waals surface area contributed by atoms with E-state index in [0.29, 0.717) is 49.4 Å². The highest BCUT2D eigenvalue weighted by Gasteiger charge is 2.47. The lowest BCUT2D eigenvalue weighted by Crippen LogP contribution is -2.54. The average molecular weight is 953 g/mol. The number of aromatic nitrogens is 2. The number of pyridine rings is 1. The van der Waals surface area contributed by atoms with Gasteiger partial charge in [-0.2, -0.15) is 0 Å². The van der Waals surface area contributed by atoms with Gasteiger partial charge in [0.1, 0.15) is 34.4 Å². The van der Waals surface area contributed by atoms with Crippen molar-refractivity contribution >= 4 is 50.1 Å². The van der Waals surface area contributed by atoms with E-state index in [2.05, 4.69) is 63.0 Å². The predicted octanol–water partition coefficient (Wildman–Crippen LogP) is 9.42. The van der Waals surface area contributed by atoms with Crippen LogP contribution in [0, 0.1) is 21.4 Å². The third-order valence-corrected chi connectivity index (χ3v) is 17.1. The number of rotatable bonds is 15. The highest BCUT2D eigenvalue weighted by Crippen LogP contribution is 2.51. The summed E-state index contributed by atoms with van der Waals surface area (Å²) in [5.74, 6) is 0.167. The standard InChI is InChI=1S/C50H60N6O9S2/c1-5-63-29-41(39-9-7-6-8-38(39)31(2)3)53-34-26-50(27-34)17-20-55(21-18-50)35-10-11-40(43(23-35)65-36-22-33-14-19-51-47(33)52-28-36)48(57)54-67(61,62)37-24-42(56(59)60)46-44(25-37)64-30-45(66-46)32-12-15-49(4,58)16-13-32/h6-11,14,19,22-25,28,31-32,34,41,45,53,58H,5,12-13,15-18,20-21,26-27,29-30H2,1-4H3,(H,51,52)(H,54,57)/t32?,41-,45-,49?/m1/s1. The molecule has 17 heteroatoms. The van der Waals surface area contributed by atoms with Crippen LogP contribution in [0.3, 0.4) is 0 Å². The van der Waals surface area contributed by atoms with Crippen LogP contribution in [0.5, 0.6) is 17.2 Å². The van der Waals surface area contributed by atoms with Gasteiger partial charge in [-0.1, -0.05) is 38.1 Å². The number of anilines is 1. The minimum absolute atomic E-state index is 0.0444. The number of thioether (sulfide) groups is 1. The number of nitro benzene ring substituents is 1. The second-order valence-corrected chi connectivity index (χ2v) is 22.3. The van der Waals surface area contributed by atoms with Gasteiger partial charge in [-0.15, -0.1) is 11.8 Å². The Balaban J connectivity index is 0.908. The van der Waals surface area contributed by atoms with Crippen LogP contribution in [0.1, 0.15) is 113 Å². The van der Waals surface area contributed by atoms with Crippen molar-refractivity contribution < 1.29 is 37.5 Å². The van der Waals surface area contributed by atoms with Crippen LogP contribution in [0.15, 0.2) is 88.9 Å². The molecule has 2 saturated carbocycles. The Labute approximate surface area is 396 Å². The normalized spacial score (nSPS) is 22.2. The summed E-state index contributed by atoms with van der Waals surface area (Å²) in [7, 11) is -4.65.